The van der Waals surface area contributed by atoms with Crippen molar-refractivity contribution in [3.05, 3.63) is 33.4 Å². The predicted octanol–water partition coefficient (Wildman–Crippen LogP) is 1.97. The highest BCUT2D eigenvalue weighted by molar-refractivity contribution is 14.1. The quantitative estimate of drug-likeness (QED) is 0.851. The monoisotopic (exact) mass is 344 g/mol. The molecule has 1 fully saturated rings. The summed E-state index contributed by atoms with van der Waals surface area (Å²) in [5, 5.41) is 3.01. The number of carbonyl (C=O) groups is 1. The van der Waals surface area contributed by atoms with Gasteiger partial charge in [0.1, 0.15) is 0 Å². The van der Waals surface area contributed by atoms with E-state index in [1.54, 1.807) is 0 Å². The first kappa shape index (κ1) is 12.8. The number of amides is 1. The van der Waals surface area contributed by atoms with Crippen molar-refractivity contribution in [1.82, 2.24) is 10.2 Å². The number of nitrogens with zero attached hydrogens (tertiary/aromatic N) is 1. The fraction of sp³-hybridized carbons (Fsp3) is 0.462. The summed E-state index contributed by atoms with van der Waals surface area (Å²) < 4.78 is 1.15. The molecule has 1 atom stereocenters. The van der Waals surface area contributed by atoms with Crippen molar-refractivity contribution in [1.29, 1.82) is 0 Å². The summed E-state index contributed by atoms with van der Waals surface area (Å²) in [5.41, 5.74) is 0.747. The molecular weight excluding hydrogens is 327 g/mol. The van der Waals surface area contributed by atoms with Gasteiger partial charge in [0.15, 0.2) is 0 Å². The number of likely N-dealkylation sites (tertiary alicyclic amines) is 1. The van der Waals surface area contributed by atoms with E-state index in [2.05, 4.69) is 39.9 Å². The molecule has 1 aliphatic heterocycles. The van der Waals surface area contributed by atoms with Crippen molar-refractivity contribution >= 4 is 28.5 Å². The lowest BCUT2D eigenvalue weighted by Gasteiger charge is -2.11. The molecule has 1 amide bonds. The normalized spacial score (nSPS) is 20.5. The smallest absolute Gasteiger partial charge is 0.251 e. The number of hydrogen-bond acceptors (Lipinski definition) is 2. The van der Waals surface area contributed by atoms with E-state index in [0.29, 0.717) is 5.92 Å². The Morgan fingerprint density at radius 1 is 1.47 bits per heavy atom. The summed E-state index contributed by atoms with van der Waals surface area (Å²) in [5.74, 6) is 0.642. The minimum atomic E-state index is 0.0379. The average molecular weight is 344 g/mol. The van der Waals surface area contributed by atoms with Crippen LogP contribution in [0.15, 0.2) is 24.3 Å². The van der Waals surface area contributed by atoms with E-state index in [4.69, 9.17) is 0 Å². The van der Waals surface area contributed by atoms with Crippen molar-refractivity contribution in [2.24, 2.45) is 5.92 Å². The zero-order valence-corrected chi connectivity index (χ0v) is 12.1. The third kappa shape index (κ3) is 3.67. The summed E-state index contributed by atoms with van der Waals surface area (Å²) in [6.07, 6.45) is 1.18. The van der Waals surface area contributed by atoms with Crippen LogP contribution >= 0.6 is 22.6 Å². The predicted molar refractivity (Wildman–Crippen MR) is 77.1 cm³/mol. The lowest BCUT2D eigenvalue weighted by Crippen LogP contribution is -2.30. The van der Waals surface area contributed by atoms with Crippen molar-refractivity contribution in [2.45, 2.75) is 6.42 Å². The first-order chi connectivity index (χ1) is 8.15. The summed E-state index contributed by atoms with van der Waals surface area (Å²) in [6, 6.07) is 7.66. The van der Waals surface area contributed by atoms with Crippen LogP contribution in [-0.2, 0) is 0 Å². The maximum Gasteiger partial charge on any atom is 0.251 e. The first-order valence-electron chi connectivity index (χ1n) is 5.87. The molecule has 0 aliphatic carbocycles. The van der Waals surface area contributed by atoms with Crippen molar-refractivity contribution in [3.8, 4) is 0 Å². The molecule has 0 saturated carbocycles. The molecular formula is C13H17IN2O. The number of hydrogen-bond donors (Lipinski definition) is 1. The summed E-state index contributed by atoms with van der Waals surface area (Å²) in [6.45, 7) is 3.02. The second-order valence-electron chi connectivity index (χ2n) is 4.63. The maximum atomic E-state index is 11.9. The first-order valence-corrected chi connectivity index (χ1v) is 6.95. The zero-order chi connectivity index (χ0) is 12.3. The van der Waals surface area contributed by atoms with Crippen LogP contribution in [0.2, 0.25) is 0 Å². The van der Waals surface area contributed by atoms with Gasteiger partial charge in [0.05, 0.1) is 0 Å². The Balaban J connectivity index is 1.83. The molecule has 1 aromatic carbocycles. The number of halogens is 1. The van der Waals surface area contributed by atoms with Gasteiger partial charge in [-0.2, -0.15) is 0 Å². The van der Waals surface area contributed by atoms with Gasteiger partial charge in [0, 0.05) is 22.2 Å². The Morgan fingerprint density at radius 3 is 2.76 bits per heavy atom. The topological polar surface area (TPSA) is 32.3 Å². The van der Waals surface area contributed by atoms with E-state index >= 15 is 0 Å². The fourth-order valence-electron chi connectivity index (χ4n) is 2.13. The SMILES string of the molecule is CN1CCC(CNC(=O)c2ccc(I)cc2)C1. The van der Waals surface area contributed by atoms with Gasteiger partial charge in [-0.25, -0.2) is 0 Å². The largest absolute Gasteiger partial charge is 0.352 e. The van der Waals surface area contributed by atoms with Gasteiger partial charge < -0.3 is 10.2 Å². The Hall–Kier alpha value is -0.620. The average Bonchev–Trinajstić information content (AvgIpc) is 2.73. The summed E-state index contributed by atoms with van der Waals surface area (Å²) in [7, 11) is 2.13. The van der Waals surface area contributed by atoms with Crippen molar-refractivity contribution in [2.75, 3.05) is 26.7 Å². The molecule has 1 heterocycles. The standard InChI is InChI=1S/C13H17IN2O/c1-16-7-6-10(9-16)8-15-13(17)11-2-4-12(14)5-3-11/h2-5,10H,6-9H2,1H3,(H,15,17). The molecule has 92 valence electrons. The van der Waals surface area contributed by atoms with Gasteiger partial charge in [-0.15, -0.1) is 0 Å². The Labute approximate surface area is 116 Å². The molecule has 3 nitrogen and oxygen atoms in total. The zero-order valence-electron chi connectivity index (χ0n) is 9.95. The maximum absolute atomic E-state index is 11.9. The van der Waals surface area contributed by atoms with E-state index in [-0.39, 0.29) is 5.91 Å². The van der Waals surface area contributed by atoms with Crippen molar-refractivity contribution in [3.63, 3.8) is 0 Å². The van der Waals surface area contributed by atoms with Crippen LogP contribution in [0.3, 0.4) is 0 Å². The highest BCUT2D eigenvalue weighted by Gasteiger charge is 2.19. The second kappa shape index (κ2) is 5.82. The van der Waals surface area contributed by atoms with Gasteiger partial charge in [-0.05, 0) is 72.8 Å². The van der Waals surface area contributed by atoms with Crippen LogP contribution in [0.4, 0.5) is 0 Å². The molecule has 0 radical (unpaired) electrons. The second-order valence-corrected chi connectivity index (χ2v) is 5.88. The molecule has 0 bridgehead atoms. The van der Waals surface area contributed by atoms with Gasteiger partial charge in [-0.3, -0.25) is 4.79 Å². The number of rotatable bonds is 3. The third-order valence-electron chi connectivity index (χ3n) is 3.15. The highest BCUT2D eigenvalue weighted by atomic mass is 127. The molecule has 1 N–H and O–H groups in total. The third-order valence-corrected chi connectivity index (χ3v) is 3.87. The van der Waals surface area contributed by atoms with E-state index in [0.717, 1.165) is 28.8 Å². The molecule has 4 heteroatoms. The molecule has 0 spiro atoms. The molecule has 17 heavy (non-hydrogen) atoms. The van der Waals surface area contributed by atoms with Crippen LogP contribution in [0.5, 0.6) is 0 Å². The highest BCUT2D eigenvalue weighted by Crippen LogP contribution is 2.13. The lowest BCUT2D eigenvalue weighted by molar-refractivity contribution is 0.0947. The van der Waals surface area contributed by atoms with Crippen LogP contribution in [0.25, 0.3) is 0 Å². The summed E-state index contributed by atoms with van der Waals surface area (Å²) >= 11 is 2.24. The molecule has 2 rings (SSSR count). The number of carbonyl (C=O) groups excluding carboxylic acids is 1. The van der Waals surface area contributed by atoms with E-state index in [9.17, 15) is 4.79 Å². The molecule has 1 unspecified atom stereocenters. The van der Waals surface area contributed by atoms with Crippen molar-refractivity contribution < 1.29 is 4.79 Å². The minimum Gasteiger partial charge on any atom is -0.352 e. The van der Waals surface area contributed by atoms with E-state index in [1.165, 1.54) is 6.42 Å². The van der Waals surface area contributed by atoms with Crippen LogP contribution in [0.1, 0.15) is 16.8 Å². The number of nitrogens with one attached hydrogen (secondary N) is 1. The van der Waals surface area contributed by atoms with Crippen LogP contribution in [0, 0.1) is 9.49 Å². The van der Waals surface area contributed by atoms with Crippen LogP contribution in [-0.4, -0.2) is 37.5 Å². The van der Waals surface area contributed by atoms with Gasteiger partial charge in [0.25, 0.3) is 5.91 Å². The fourth-order valence-corrected chi connectivity index (χ4v) is 2.49. The Morgan fingerprint density at radius 2 is 2.18 bits per heavy atom. The molecule has 1 saturated heterocycles. The Kier molecular flexibility index (Phi) is 4.39. The molecule has 0 aromatic heterocycles. The molecule has 1 aromatic rings. The number of benzene rings is 1. The summed E-state index contributed by atoms with van der Waals surface area (Å²) in [4.78, 5) is 14.2. The van der Waals surface area contributed by atoms with E-state index in [1.807, 2.05) is 24.3 Å². The minimum absolute atomic E-state index is 0.0379. The van der Waals surface area contributed by atoms with Gasteiger partial charge in [-0.1, -0.05) is 0 Å². The Bertz CT molecular complexity index is 391. The van der Waals surface area contributed by atoms with Crippen LogP contribution < -0.4 is 5.32 Å². The lowest BCUT2D eigenvalue weighted by atomic mass is 10.1. The van der Waals surface area contributed by atoms with Gasteiger partial charge in [0.2, 0.25) is 0 Å². The molecule has 1 aliphatic rings. The van der Waals surface area contributed by atoms with E-state index < -0.39 is 0 Å². The van der Waals surface area contributed by atoms with Gasteiger partial charge >= 0.3 is 0 Å².